The van der Waals surface area contributed by atoms with E-state index in [2.05, 4.69) is 28.9 Å². The second kappa shape index (κ2) is 7.65. The molecule has 0 aromatic rings. The molecule has 1 heterocycles. The van der Waals surface area contributed by atoms with Crippen LogP contribution in [0, 0.1) is 5.92 Å². The highest BCUT2D eigenvalue weighted by Gasteiger charge is 2.18. The summed E-state index contributed by atoms with van der Waals surface area (Å²) in [6, 6.07) is 0.806. The molecule has 100 valence electrons. The van der Waals surface area contributed by atoms with Gasteiger partial charge in [0.1, 0.15) is 0 Å². The molecule has 3 heteroatoms. The fraction of sp³-hybridized carbons (Fsp3) is 1.00. The Kier molecular flexibility index (Phi) is 6.16. The fourth-order valence-corrected chi connectivity index (χ4v) is 3.99. The van der Waals surface area contributed by atoms with Gasteiger partial charge in [-0.1, -0.05) is 19.8 Å². The summed E-state index contributed by atoms with van der Waals surface area (Å²) in [4.78, 5) is 2.64. The van der Waals surface area contributed by atoms with Crippen molar-refractivity contribution in [3.63, 3.8) is 0 Å². The lowest BCUT2D eigenvalue weighted by Gasteiger charge is -2.28. The van der Waals surface area contributed by atoms with Crippen LogP contribution >= 0.6 is 11.8 Å². The second-order valence-corrected chi connectivity index (χ2v) is 6.96. The average molecular weight is 256 g/mol. The molecule has 17 heavy (non-hydrogen) atoms. The number of nitrogens with zero attached hydrogens (tertiary/aromatic N) is 1. The number of thioether (sulfide) groups is 1. The lowest BCUT2D eigenvalue weighted by Crippen LogP contribution is -2.39. The minimum atomic E-state index is 0.806. The molecule has 0 aromatic heterocycles. The summed E-state index contributed by atoms with van der Waals surface area (Å²) < 4.78 is 0. The molecule has 2 nitrogen and oxygen atoms in total. The van der Waals surface area contributed by atoms with Crippen LogP contribution in [0.4, 0.5) is 0 Å². The van der Waals surface area contributed by atoms with Crippen molar-refractivity contribution >= 4 is 11.8 Å². The van der Waals surface area contributed by atoms with Crippen molar-refractivity contribution in [1.82, 2.24) is 10.2 Å². The first-order chi connectivity index (χ1) is 8.34. The highest BCUT2D eigenvalue weighted by molar-refractivity contribution is 7.99. The molecule has 2 fully saturated rings. The van der Waals surface area contributed by atoms with E-state index in [1.807, 2.05) is 0 Å². The standard InChI is InChI=1S/C14H28N2S/c1-13-4-2-5-14(12-13)15-6-8-16-7-3-10-17-11-9-16/h13-15H,2-12H2,1H3. The van der Waals surface area contributed by atoms with Crippen LogP contribution in [0.5, 0.6) is 0 Å². The van der Waals surface area contributed by atoms with Gasteiger partial charge in [-0.05, 0) is 37.5 Å². The maximum absolute atomic E-state index is 3.77. The van der Waals surface area contributed by atoms with Crippen molar-refractivity contribution in [2.45, 2.75) is 45.1 Å². The number of rotatable bonds is 4. The number of hydrogen-bond donors (Lipinski definition) is 1. The van der Waals surface area contributed by atoms with E-state index < -0.39 is 0 Å². The predicted molar refractivity (Wildman–Crippen MR) is 77.8 cm³/mol. The zero-order valence-corrected chi connectivity index (χ0v) is 12.1. The number of hydrogen-bond acceptors (Lipinski definition) is 3. The van der Waals surface area contributed by atoms with Crippen LogP contribution in [0.15, 0.2) is 0 Å². The van der Waals surface area contributed by atoms with Gasteiger partial charge in [0.15, 0.2) is 0 Å². The lowest BCUT2D eigenvalue weighted by atomic mass is 9.87. The Morgan fingerprint density at radius 3 is 3.00 bits per heavy atom. The molecule has 1 aliphatic heterocycles. The third-order valence-corrected chi connectivity index (χ3v) is 5.16. The zero-order chi connectivity index (χ0) is 11.9. The van der Waals surface area contributed by atoms with E-state index >= 15 is 0 Å². The van der Waals surface area contributed by atoms with Gasteiger partial charge in [-0.2, -0.15) is 11.8 Å². The fourth-order valence-electron chi connectivity index (χ4n) is 3.07. The molecule has 0 spiro atoms. The lowest BCUT2D eigenvalue weighted by molar-refractivity contribution is 0.262. The second-order valence-electron chi connectivity index (χ2n) is 5.73. The third kappa shape index (κ3) is 5.19. The normalized spacial score (nSPS) is 32.3. The van der Waals surface area contributed by atoms with Crippen LogP contribution in [0.3, 0.4) is 0 Å². The van der Waals surface area contributed by atoms with Crippen LogP contribution in [0.2, 0.25) is 0 Å². The summed E-state index contributed by atoms with van der Waals surface area (Å²) in [7, 11) is 0. The summed E-state index contributed by atoms with van der Waals surface area (Å²) in [5.41, 5.74) is 0. The van der Waals surface area contributed by atoms with Gasteiger partial charge in [0.2, 0.25) is 0 Å². The van der Waals surface area contributed by atoms with Crippen molar-refractivity contribution in [1.29, 1.82) is 0 Å². The summed E-state index contributed by atoms with van der Waals surface area (Å²) in [6.45, 7) is 7.47. The molecule has 1 saturated heterocycles. The van der Waals surface area contributed by atoms with Gasteiger partial charge < -0.3 is 10.2 Å². The van der Waals surface area contributed by atoms with E-state index in [-0.39, 0.29) is 0 Å². The molecule has 2 unspecified atom stereocenters. The zero-order valence-electron chi connectivity index (χ0n) is 11.3. The van der Waals surface area contributed by atoms with E-state index in [1.165, 1.54) is 69.8 Å². The first kappa shape index (κ1) is 13.7. The van der Waals surface area contributed by atoms with E-state index in [9.17, 15) is 0 Å². The van der Waals surface area contributed by atoms with E-state index in [4.69, 9.17) is 0 Å². The first-order valence-corrected chi connectivity index (χ1v) is 8.53. The SMILES string of the molecule is CC1CCCC(NCCN2CCCSCC2)C1. The maximum Gasteiger partial charge on any atom is 0.0107 e. The quantitative estimate of drug-likeness (QED) is 0.832. The van der Waals surface area contributed by atoms with E-state index in [0.717, 1.165) is 12.0 Å². The summed E-state index contributed by atoms with van der Waals surface area (Å²) in [5, 5.41) is 3.77. The van der Waals surface area contributed by atoms with Crippen LogP contribution in [-0.4, -0.2) is 48.6 Å². The Bertz CT molecular complexity index is 200. The molecule has 1 aliphatic carbocycles. The smallest absolute Gasteiger partial charge is 0.0107 e. The Morgan fingerprint density at radius 2 is 2.12 bits per heavy atom. The van der Waals surface area contributed by atoms with Gasteiger partial charge in [-0.15, -0.1) is 0 Å². The molecule has 0 amide bonds. The van der Waals surface area contributed by atoms with Crippen LogP contribution < -0.4 is 5.32 Å². The first-order valence-electron chi connectivity index (χ1n) is 7.38. The van der Waals surface area contributed by atoms with Crippen LogP contribution in [0.1, 0.15) is 39.0 Å². The minimum Gasteiger partial charge on any atom is -0.313 e. The minimum absolute atomic E-state index is 0.806. The molecule has 2 aliphatic rings. The Morgan fingerprint density at radius 1 is 1.18 bits per heavy atom. The van der Waals surface area contributed by atoms with Crippen LogP contribution in [0.25, 0.3) is 0 Å². The highest BCUT2D eigenvalue weighted by Crippen LogP contribution is 2.23. The Labute approximate surface area is 111 Å². The molecule has 1 saturated carbocycles. The molecular formula is C14H28N2S. The molecular weight excluding hydrogens is 228 g/mol. The topological polar surface area (TPSA) is 15.3 Å². The molecule has 1 N–H and O–H groups in total. The molecule has 0 radical (unpaired) electrons. The van der Waals surface area contributed by atoms with Crippen molar-refractivity contribution in [2.24, 2.45) is 5.92 Å². The third-order valence-electron chi connectivity index (χ3n) is 4.11. The van der Waals surface area contributed by atoms with Gasteiger partial charge >= 0.3 is 0 Å². The van der Waals surface area contributed by atoms with Crippen LogP contribution in [-0.2, 0) is 0 Å². The molecule has 2 rings (SSSR count). The summed E-state index contributed by atoms with van der Waals surface area (Å²) >= 11 is 2.12. The van der Waals surface area contributed by atoms with Gasteiger partial charge in [0.25, 0.3) is 0 Å². The Hall–Kier alpha value is 0.270. The largest absolute Gasteiger partial charge is 0.313 e. The predicted octanol–water partition coefficient (Wildman–Crippen LogP) is 2.59. The average Bonchev–Trinajstić information content (AvgIpc) is 2.58. The van der Waals surface area contributed by atoms with Crippen molar-refractivity contribution < 1.29 is 0 Å². The van der Waals surface area contributed by atoms with Gasteiger partial charge in [-0.3, -0.25) is 0 Å². The van der Waals surface area contributed by atoms with Gasteiger partial charge in [0.05, 0.1) is 0 Å². The molecule has 0 aromatic carbocycles. The van der Waals surface area contributed by atoms with Crippen molar-refractivity contribution in [3.05, 3.63) is 0 Å². The Balaban J connectivity index is 1.58. The monoisotopic (exact) mass is 256 g/mol. The van der Waals surface area contributed by atoms with Gasteiger partial charge in [-0.25, -0.2) is 0 Å². The summed E-state index contributed by atoms with van der Waals surface area (Å²) in [6.07, 6.45) is 7.06. The highest BCUT2D eigenvalue weighted by atomic mass is 32.2. The van der Waals surface area contributed by atoms with Crippen molar-refractivity contribution in [2.75, 3.05) is 37.7 Å². The molecule has 0 bridgehead atoms. The van der Waals surface area contributed by atoms with Gasteiger partial charge in [0, 0.05) is 31.4 Å². The van der Waals surface area contributed by atoms with Crippen molar-refractivity contribution in [3.8, 4) is 0 Å². The maximum atomic E-state index is 3.77. The number of nitrogens with one attached hydrogen (secondary N) is 1. The molecule has 2 atom stereocenters. The van der Waals surface area contributed by atoms with E-state index in [0.29, 0.717) is 0 Å². The summed E-state index contributed by atoms with van der Waals surface area (Å²) in [5.74, 6) is 3.64. The van der Waals surface area contributed by atoms with E-state index in [1.54, 1.807) is 0 Å².